The maximum Gasteiger partial charge on any atom is 0.319 e. The maximum absolute atomic E-state index is 12.8. The standard InChI is InChI=1S/C13H17F4N3/c14-12(15)13(16,17)9-19-10-3-7-20(8-4-10)11-1-5-18-6-2-11/h1-2,5-6,10,12,19H,3-4,7-9H2. The molecule has 0 saturated carbocycles. The Labute approximate surface area is 115 Å². The molecule has 1 aliphatic rings. The Kier molecular flexibility index (Phi) is 4.80. The lowest BCUT2D eigenvalue weighted by molar-refractivity contribution is -0.126. The van der Waals surface area contributed by atoms with Crippen LogP contribution in [0.3, 0.4) is 0 Å². The van der Waals surface area contributed by atoms with E-state index < -0.39 is 18.9 Å². The Morgan fingerprint density at radius 1 is 1.25 bits per heavy atom. The van der Waals surface area contributed by atoms with E-state index in [1.165, 1.54) is 0 Å². The van der Waals surface area contributed by atoms with E-state index in [1.54, 1.807) is 12.4 Å². The molecular formula is C13H17F4N3. The number of halogens is 4. The number of aromatic nitrogens is 1. The molecule has 1 saturated heterocycles. The van der Waals surface area contributed by atoms with Crippen LogP contribution in [0.5, 0.6) is 0 Å². The van der Waals surface area contributed by atoms with E-state index in [9.17, 15) is 17.6 Å². The van der Waals surface area contributed by atoms with Gasteiger partial charge in [0.2, 0.25) is 0 Å². The number of hydrogen-bond donors (Lipinski definition) is 1. The molecule has 2 heterocycles. The predicted molar refractivity (Wildman–Crippen MR) is 68.4 cm³/mol. The molecule has 0 radical (unpaired) electrons. The van der Waals surface area contributed by atoms with Gasteiger partial charge < -0.3 is 10.2 Å². The van der Waals surface area contributed by atoms with Crippen molar-refractivity contribution in [3.63, 3.8) is 0 Å². The minimum atomic E-state index is -3.96. The summed E-state index contributed by atoms with van der Waals surface area (Å²) in [5, 5.41) is 2.55. The first kappa shape index (κ1) is 15.0. The van der Waals surface area contributed by atoms with Crippen LogP contribution in [-0.4, -0.2) is 43.0 Å². The van der Waals surface area contributed by atoms with Crippen LogP contribution in [0, 0.1) is 0 Å². The number of nitrogens with one attached hydrogen (secondary N) is 1. The van der Waals surface area contributed by atoms with E-state index in [1.807, 2.05) is 12.1 Å². The van der Waals surface area contributed by atoms with E-state index in [0.29, 0.717) is 25.9 Å². The Hall–Kier alpha value is -1.37. The van der Waals surface area contributed by atoms with Crippen molar-refractivity contribution in [2.45, 2.75) is 31.2 Å². The van der Waals surface area contributed by atoms with Gasteiger partial charge in [0.15, 0.2) is 0 Å². The first-order chi connectivity index (χ1) is 9.49. The topological polar surface area (TPSA) is 28.2 Å². The summed E-state index contributed by atoms with van der Waals surface area (Å²) in [7, 11) is 0. The normalized spacial score (nSPS) is 17.8. The van der Waals surface area contributed by atoms with Crippen LogP contribution in [0.15, 0.2) is 24.5 Å². The lowest BCUT2D eigenvalue weighted by Gasteiger charge is -2.34. The molecular weight excluding hydrogens is 274 g/mol. The van der Waals surface area contributed by atoms with Crippen molar-refractivity contribution in [2.24, 2.45) is 0 Å². The second-order valence-corrected chi connectivity index (χ2v) is 4.91. The fourth-order valence-corrected chi connectivity index (χ4v) is 2.25. The molecule has 3 nitrogen and oxygen atoms in total. The number of alkyl halides is 4. The molecule has 1 aromatic heterocycles. The molecule has 20 heavy (non-hydrogen) atoms. The van der Waals surface area contributed by atoms with E-state index in [-0.39, 0.29) is 6.04 Å². The lowest BCUT2D eigenvalue weighted by atomic mass is 10.0. The lowest BCUT2D eigenvalue weighted by Crippen LogP contribution is -2.48. The number of nitrogens with zero attached hydrogens (tertiary/aromatic N) is 2. The molecule has 0 amide bonds. The summed E-state index contributed by atoms with van der Waals surface area (Å²) in [4.78, 5) is 6.06. The highest BCUT2D eigenvalue weighted by molar-refractivity contribution is 5.44. The predicted octanol–water partition coefficient (Wildman–Crippen LogP) is 2.54. The van der Waals surface area contributed by atoms with Crippen LogP contribution in [0.25, 0.3) is 0 Å². The summed E-state index contributed by atoms with van der Waals surface area (Å²) in [5.41, 5.74) is 1.04. The van der Waals surface area contributed by atoms with Gasteiger partial charge in [-0.2, -0.15) is 8.78 Å². The number of pyridine rings is 1. The number of anilines is 1. The van der Waals surface area contributed by atoms with Crippen LogP contribution < -0.4 is 10.2 Å². The smallest absolute Gasteiger partial charge is 0.319 e. The Morgan fingerprint density at radius 3 is 2.40 bits per heavy atom. The number of hydrogen-bond acceptors (Lipinski definition) is 3. The SMILES string of the molecule is FC(F)C(F)(F)CNC1CCN(c2ccncc2)CC1. The van der Waals surface area contributed by atoms with E-state index >= 15 is 0 Å². The van der Waals surface area contributed by atoms with Gasteiger partial charge in [0, 0.05) is 37.2 Å². The third-order valence-corrected chi connectivity index (χ3v) is 3.47. The Balaban J connectivity index is 1.78. The van der Waals surface area contributed by atoms with E-state index in [4.69, 9.17) is 0 Å². The first-order valence-electron chi connectivity index (χ1n) is 6.53. The minimum absolute atomic E-state index is 0.141. The highest BCUT2D eigenvalue weighted by Gasteiger charge is 2.40. The first-order valence-corrected chi connectivity index (χ1v) is 6.53. The third-order valence-electron chi connectivity index (χ3n) is 3.47. The largest absolute Gasteiger partial charge is 0.371 e. The Morgan fingerprint density at radius 2 is 1.85 bits per heavy atom. The van der Waals surface area contributed by atoms with Crippen LogP contribution >= 0.6 is 0 Å². The molecule has 0 aromatic carbocycles. The average Bonchev–Trinajstić information content (AvgIpc) is 2.46. The summed E-state index contributed by atoms with van der Waals surface area (Å²) in [5.74, 6) is -3.96. The van der Waals surface area contributed by atoms with Crippen LogP contribution in [-0.2, 0) is 0 Å². The van der Waals surface area contributed by atoms with E-state index in [2.05, 4.69) is 15.2 Å². The average molecular weight is 291 g/mol. The number of rotatable bonds is 5. The monoisotopic (exact) mass is 291 g/mol. The van der Waals surface area contributed by atoms with Gasteiger partial charge in [0.05, 0.1) is 6.54 Å². The summed E-state index contributed by atoms with van der Waals surface area (Å²) in [6.45, 7) is 0.453. The quantitative estimate of drug-likeness (QED) is 0.845. The summed E-state index contributed by atoms with van der Waals surface area (Å²) in [6, 6.07) is 3.63. The molecule has 0 spiro atoms. The van der Waals surface area contributed by atoms with Crippen molar-refractivity contribution >= 4 is 5.69 Å². The molecule has 1 N–H and O–H groups in total. The number of piperidine rings is 1. The van der Waals surface area contributed by atoms with Crippen molar-refractivity contribution in [1.29, 1.82) is 0 Å². The van der Waals surface area contributed by atoms with Crippen molar-refractivity contribution in [3.8, 4) is 0 Å². The Bertz CT molecular complexity index is 405. The maximum atomic E-state index is 12.8. The van der Waals surface area contributed by atoms with Gasteiger partial charge in [0.1, 0.15) is 0 Å². The molecule has 7 heteroatoms. The fourth-order valence-electron chi connectivity index (χ4n) is 2.25. The van der Waals surface area contributed by atoms with Crippen LogP contribution in [0.2, 0.25) is 0 Å². The zero-order valence-corrected chi connectivity index (χ0v) is 10.9. The molecule has 0 unspecified atom stereocenters. The zero-order valence-electron chi connectivity index (χ0n) is 10.9. The van der Waals surface area contributed by atoms with Gasteiger partial charge in [-0.1, -0.05) is 0 Å². The second-order valence-electron chi connectivity index (χ2n) is 4.91. The molecule has 112 valence electrons. The van der Waals surface area contributed by atoms with Crippen LogP contribution in [0.4, 0.5) is 23.2 Å². The van der Waals surface area contributed by atoms with Gasteiger partial charge in [-0.25, -0.2) is 8.78 Å². The third kappa shape index (κ3) is 3.82. The minimum Gasteiger partial charge on any atom is -0.371 e. The summed E-state index contributed by atoms with van der Waals surface area (Å²) in [6.07, 6.45) is 1.08. The van der Waals surface area contributed by atoms with Crippen molar-refractivity contribution in [3.05, 3.63) is 24.5 Å². The van der Waals surface area contributed by atoms with Gasteiger partial charge >= 0.3 is 12.3 Å². The fraction of sp³-hybridized carbons (Fsp3) is 0.615. The second kappa shape index (κ2) is 6.39. The zero-order chi connectivity index (χ0) is 14.6. The highest BCUT2D eigenvalue weighted by atomic mass is 19.3. The van der Waals surface area contributed by atoms with Crippen molar-refractivity contribution in [1.82, 2.24) is 10.3 Å². The van der Waals surface area contributed by atoms with Gasteiger partial charge in [-0.3, -0.25) is 4.98 Å². The van der Waals surface area contributed by atoms with Gasteiger partial charge in [-0.15, -0.1) is 0 Å². The summed E-state index contributed by atoms with van der Waals surface area (Å²) < 4.78 is 49.7. The van der Waals surface area contributed by atoms with Crippen molar-refractivity contribution < 1.29 is 17.6 Å². The summed E-state index contributed by atoms with van der Waals surface area (Å²) >= 11 is 0. The van der Waals surface area contributed by atoms with Gasteiger partial charge in [-0.05, 0) is 25.0 Å². The molecule has 1 fully saturated rings. The molecule has 2 rings (SSSR count). The van der Waals surface area contributed by atoms with Crippen molar-refractivity contribution in [2.75, 3.05) is 24.5 Å². The molecule has 0 aliphatic carbocycles. The van der Waals surface area contributed by atoms with Crippen LogP contribution in [0.1, 0.15) is 12.8 Å². The molecule has 1 aromatic rings. The molecule has 1 aliphatic heterocycles. The molecule has 0 atom stereocenters. The van der Waals surface area contributed by atoms with Gasteiger partial charge in [0.25, 0.3) is 0 Å². The molecule has 0 bridgehead atoms. The van der Waals surface area contributed by atoms with E-state index in [0.717, 1.165) is 5.69 Å². The highest BCUT2D eigenvalue weighted by Crippen LogP contribution is 2.23.